The van der Waals surface area contributed by atoms with Crippen LogP contribution in [0.25, 0.3) is 27.9 Å². The number of hydrogen-bond acceptors (Lipinski definition) is 6. The van der Waals surface area contributed by atoms with E-state index in [0.717, 1.165) is 59.9 Å². The van der Waals surface area contributed by atoms with Gasteiger partial charge in [-0.25, -0.2) is 14.8 Å². The molecule has 1 fully saturated rings. The number of fused-ring (bicyclic) bond motifs is 2. The van der Waals surface area contributed by atoms with E-state index < -0.39 is 0 Å². The number of aryl methyl sites for hydroxylation is 1. The van der Waals surface area contributed by atoms with Crippen LogP contribution in [0.5, 0.6) is 0 Å². The smallest absolute Gasteiger partial charge is 0.326 e. The standard InChI is InChI=1S/C25H25N7O2/c1-2-32-22-8-3-17(15-20(22)29-25(32)33)21-16-31-10-9-26-24(31)23(28-21)27-18-4-6-19(7-5-18)30-11-13-34-14-12-30/h3-10,15-16H,2,11-14H2,1H3,(H,27,28)(H,29,33). The molecule has 172 valence electrons. The Labute approximate surface area is 195 Å². The summed E-state index contributed by atoms with van der Waals surface area (Å²) in [5, 5.41) is 3.43. The van der Waals surface area contributed by atoms with E-state index in [4.69, 9.17) is 9.72 Å². The Hall–Kier alpha value is -4.11. The number of nitrogens with zero attached hydrogens (tertiary/aromatic N) is 5. The van der Waals surface area contributed by atoms with Gasteiger partial charge in [0.05, 0.1) is 29.9 Å². The van der Waals surface area contributed by atoms with Crippen molar-refractivity contribution in [3.05, 3.63) is 71.5 Å². The quantitative estimate of drug-likeness (QED) is 0.420. The van der Waals surface area contributed by atoms with Gasteiger partial charge in [0.2, 0.25) is 0 Å². The number of H-pyrrole nitrogens is 1. The summed E-state index contributed by atoms with van der Waals surface area (Å²) in [7, 11) is 0. The van der Waals surface area contributed by atoms with E-state index in [-0.39, 0.29) is 5.69 Å². The second kappa shape index (κ2) is 8.35. The van der Waals surface area contributed by atoms with Crippen LogP contribution in [0.1, 0.15) is 6.92 Å². The molecule has 3 aromatic heterocycles. The van der Waals surface area contributed by atoms with Crippen molar-refractivity contribution in [1.29, 1.82) is 0 Å². The molecule has 0 spiro atoms. The second-order valence-electron chi connectivity index (χ2n) is 8.31. The highest BCUT2D eigenvalue weighted by Crippen LogP contribution is 2.27. The summed E-state index contributed by atoms with van der Waals surface area (Å²) in [6.45, 7) is 5.91. The van der Waals surface area contributed by atoms with E-state index in [1.54, 1.807) is 10.8 Å². The molecule has 4 heterocycles. The van der Waals surface area contributed by atoms with E-state index in [0.29, 0.717) is 12.4 Å². The van der Waals surface area contributed by atoms with Crippen LogP contribution in [0, 0.1) is 0 Å². The summed E-state index contributed by atoms with van der Waals surface area (Å²) in [5.41, 5.74) is 6.14. The average molecular weight is 456 g/mol. The predicted octanol–water partition coefficient (Wildman–Crippen LogP) is 3.64. The van der Waals surface area contributed by atoms with E-state index >= 15 is 0 Å². The third-order valence-electron chi connectivity index (χ3n) is 6.27. The maximum Gasteiger partial charge on any atom is 0.326 e. The summed E-state index contributed by atoms with van der Waals surface area (Å²) < 4.78 is 9.13. The molecular weight excluding hydrogens is 430 g/mol. The molecule has 0 radical (unpaired) electrons. The molecule has 1 aliphatic rings. The average Bonchev–Trinajstić information content (AvgIpc) is 3.48. The lowest BCUT2D eigenvalue weighted by Crippen LogP contribution is -2.36. The second-order valence-corrected chi connectivity index (χ2v) is 8.31. The number of rotatable bonds is 5. The van der Waals surface area contributed by atoms with Crippen molar-refractivity contribution < 1.29 is 4.74 Å². The fraction of sp³-hybridized carbons (Fsp3) is 0.240. The first-order chi connectivity index (χ1) is 16.7. The number of benzene rings is 2. The maximum absolute atomic E-state index is 12.2. The van der Waals surface area contributed by atoms with Crippen LogP contribution in [0.3, 0.4) is 0 Å². The minimum absolute atomic E-state index is 0.101. The molecule has 0 unspecified atom stereocenters. The Morgan fingerprint density at radius 3 is 2.74 bits per heavy atom. The van der Waals surface area contributed by atoms with Crippen LogP contribution in [0.2, 0.25) is 0 Å². The Bertz CT molecular complexity index is 1530. The molecule has 5 aromatic rings. The minimum atomic E-state index is -0.101. The Balaban J connectivity index is 1.34. The predicted molar refractivity (Wildman–Crippen MR) is 133 cm³/mol. The first-order valence-electron chi connectivity index (χ1n) is 11.5. The van der Waals surface area contributed by atoms with Crippen molar-refractivity contribution in [2.45, 2.75) is 13.5 Å². The molecule has 0 atom stereocenters. The summed E-state index contributed by atoms with van der Waals surface area (Å²) in [4.78, 5) is 26.8. The molecule has 9 nitrogen and oxygen atoms in total. The largest absolute Gasteiger partial charge is 0.378 e. The molecule has 34 heavy (non-hydrogen) atoms. The Kier molecular flexibility index (Phi) is 5.03. The van der Waals surface area contributed by atoms with Crippen molar-refractivity contribution in [2.24, 2.45) is 0 Å². The Morgan fingerprint density at radius 2 is 1.94 bits per heavy atom. The van der Waals surface area contributed by atoms with Gasteiger partial charge in [-0.2, -0.15) is 0 Å². The Morgan fingerprint density at radius 1 is 1.12 bits per heavy atom. The van der Waals surface area contributed by atoms with E-state index in [1.165, 1.54) is 5.69 Å². The van der Waals surface area contributed by atoms with Crippen molar-refractivity contribution in [3.63, 3.8) is 0 Å². The first kappa shape index (κ1) is 20.5. The van der Waals surface area contributed by atoms with Gasteiger partial charge in [-0.05, 0) is 43.3 Å². The molecule has 9 heteroatoms. The number of aromatic nitrogens is 5. The van der Waals surface area contributed by atoms with Gasteiger partial charge in [-0.1, -0.05) is 6.07 Å². The molecule has 6 rings (SSSR count). The van der Waals surface area contributed by atoms with Crippen molar-refractivity contribution in [1.82, 2.24) is 23.9 Å². The highest BCUT2D eigenvalue weighted by molar-refractivity contribution is 5.82. The van der Waals surface area contributed by atoms with Crippen LogP contribution < -0.4 is 15.9 Å². The number of aromatic amines is 1. The van der Waals surface area contributed by atoms with Crippen molar-refractivity contribution in [2.75, 3.05) is 36.5 Å². The third-order valence-corrected chi connectivity index (χ3v) is 6.27. The summed E-state index contributed by atoms with van der Waals surface area (Å²) in [5.74, 6) is 0.668. The highest BCUT2D eigenvalue weighted by Gasteiger charge is 2.14. The van der Waals surface area contributed by atoms with Gasteiger partial charge >= 0.3 is 5.69 Å². The molecule has 2 N–H and O–H groups in total. The van der Waals surface area contributed by atoms with Gasteiger partial charge in [0.25, 0.3) is 0 Å². The van der Waals surface area contributed by atoms with Gasteiger partial charge in [0, 0.05) is 55.2 Å². The minimum Gasteiger partial charge on any atom is -0.378 e. The van der Waals surface area contributed by atoms with E-state index in [9.17, 15) is 4.79 Å². The van der Waals surface area contributed by atoms with Gasteiger partial charge in [-0.15, -0.1) is 0 Å². The maximum atomic E-state index is 12.2. The summed E-state index contributed by atoms with van der Waals surface area (Å²) >= 11 is 0. The number of nitrogens with one attached hydrogen (secondary N) is 2. The van der Waals surface area contributed by atoms with Crippen LogP contribution in [0.4, 0.5) is 17.2 Å². The first-order valence-corrected chi connectivity index (χ1v) is 11.5. The molecule has 2 aromatic carbocycles. The molecule has 1 aliphatic heterocycles. The molecule has 1 saturated heterocycles. The monoisotopic (exact) mass is 455 g/mol. The van der Waals surface area contributed by atoms with Crippen LogP contribution in [-0.2, 0) is 11.3 Å². The number of ether oxygens (including phenoxy) is 1. The third kappa shape index (κ3) is 3.60. The fourth-order valence-corrected chi connectivity index (χ4v) is 4.51. The topological polar surface area (TPSA) is 92.5 Å². The lowest BCUT2D eigenvalue weighted by atomic mass is 10.1. The lowest BCUT2D eigenvalue weighted by molar-refractivity contribution is 0.122. The van der Waals surface area contributed by atoms with Crippen LogP contribution in [-0.4, -0.2) is 50.2 Å². The summed E-state index contributed by atoms with van der Waals surface area (Å²) in [6.07, 6.45) is 5.61. The van der Waals surface area contributed by atoms with Crippen molar-refractivity contribution in [3.8, 4) is 11.3 Å². The fourth-order valence-electron chi connectivity index (χ4n) is 4.51. The van der Waals surface area contributed by atoms with Crippen LogP contribution in [0.15, 0.2) is 65.8 Å². The SMILES string of the molecule is CCn1c(=O)[nH]c2cc(-c3cn4ccnc4c(Nc4ccc(N5CCOCC5)cc4)n3)ccc21. The lowest BCUT2D eigenvalue weighted by Gasteiger charge is -2.28. The van der Waals surface area contributed by atoms with Gasteiger partial charge in [0.1, 0.15) is 0 Å². The number of anilines is 3. The van der Waals surface area contributed by atoms with E-state index in [1.807, 2.05) is 41.9 Å². The van der Waals surface area contributed by atoms with Crippen molar-refractivity contribution >= 4 is 33.9 Å². The highest BCUT2D eigenvalue weighted by atomic mass is 16.5. The molecule has 0 amide bonds. The number of imidazole rings is 2. The molecule has 0 aliphatic carbocycles. The zero-order valence-electron chi connectivity index (χ0n) is 18.9. The van der Waals surface area contributed by atoms with Gasteiger partial charge in [0.15, 0.2) is 11.5 Å². The normalized spacial score (nSPS) is 14.2. The molecular formula is C25H25N7O2. The zero-order chi connectivity index (χ0) is 23.1. The molecule has 0 saturated carbocycles. The van der Waals surface area contributed by atoms with Gasteiger partial charge in [-0.3, -0.25) is 4.57 Å². The van der Waals surface area contributed by atoms with E-state index in [2.05, 4.69) is 44.5 Å². The number of morpholine rings is 1. The summed E-state index contributed by atoms with van der Waals surface area (Å²) in [6, 6.07) is 14.3. The van der Waals surface area contributed by atoms with Gasteiger partial charge < -0.3 is 24.3 Å². The molecule has 0 bridgehead atoms. The number of hydrogen-bond donors (Lipinski definition) is 2. The zero-order valence-corrected chi connectivity index (χ0v) is 18.9. The van der Waals surface area contributed by atoms with Crippen LogP contribution >= 0.6 is 0 Å².